The zero-order valence-electron chi connectivity index (χ0n) is 4.79. The molecule has 2 heteroatoms. The maximum absolute atomic E-state index is 10.6. The van der Waals surface area contributed by atoms with Crippen LogP contribution in [0.15, 0.2) is 30.3 Å². The van der Waals surface area contributed by atoms with Crippen molar-refractivity contribution < 1.29 is 4.79 Å². The first kappa shape index (κ1) is 6.23. The number of hydrogen-bond donors (Lipinski definition) is 0. The monoisotopic (exact) mass is 133 g/mol. The molecule has 0 atom stereocenters. The van der Waals surface area contributed by atoms with Crippen LogP contribution in [0.4, 0.5) is 0 Å². The van der Waals surface area contributed by atoms with Gasteiger partial charge in [-0.05, 0) is 0 Å². The SMILES string of the molecule is O=C([Si])c1ccccc1. The van der Waals surface area contributed by atoms with Gasteiger partial charge in [-0.15, -0.1) is 0 Å². The van der Waals surface area contributed by atoms with E-state index in [-0.39, 0.29) is 5.41 Å². The van der Waals surface area contributed by atoms with Gasteiger partial charge >= 0.3 is 0 Å². The number of carbonyl (C=O) groups is 1. The van der Waals surface area contributed by atoms with Gasteiger partial charge in [0.1, 0.15) is 15.6 Å². The van der Waals surface area contributed by atoms with Crippen molar-refractivity contribution in [2.45, 2.75) is 0 Å². The highest BCUT2D eigenvalue weighted by Gasteiger charge is 1.92. The van der Waals surface area contributed by atoms with E-state index in [1.165, 1.54) is 0 Å². The van der Waals surface area contributed by atoms with Gasteiger partial charge in [-0.25, -0.2) is 0 Å². The van der Waals surface area contributed by atoms with Crippen LogP contribution < -0.4 is 0 Å². The average Bonchev–Trinajstić information content (AvgIpc) is 1.90. The molecule has 0 aromatic heterocycles. The van der Waals surface area contributed by atoms with Crippen LogP contribution in [0.2, 0.25) is 0 Å². The van der Waals surface area contributed by atoms with Gasteiger partial charge in [0.2, 0.25) is 0 Å². The first-order valence-electron chi connectivity index (χ1n) is 2.61. The third kappa shape index (κ3) is 1.50. The molecule has 9 heavy (non-hydrogen) atoms. The molecule has 0 heterocycles. The van der Waals surface area contributed by atoms with E-state index in [1.54, 1.807) is 12.1 Å². The van der Waals surface area contributed by atoms with Crippen molar-refractivity contribution in [3.8, 4) is 0 Å². The summed E-state index contributed by atoms with van der Waals surface area (Å²) in [4.78, 5) is 10.6. The molecule has 1 rings (SSSR count). The van der Waals surface area contributed by atoms with Crippen molar-refractivity contribution in [2.24, 2.45) is 0 Å². The second-order valence-electron chi connectivity index (χ2n) is 1.70. The Morgan fingerprint density at radius 1 is 1.22 bits per heavy atom. The molecule has 0 spiro atoms. The molecule has 0 N–H and O–H groups in total. The molecule has 0 saturated carbocycles. The lowest BCUT2D eigenvalue weighted by molar-refractivity contribution is 0.108. The van der Waals surface area contributed by atoms with Crippen LogP contribution in [0.5, 0.6) is 0 Å². The molecule has 43 valence electrons. The molecule has 1 aromatic carbocycles. The van der Waals surface area contributed by atoms with Gasteiger partial charge in [-0.1, -0.05) is 30.3 Å². The zero-order chi connectivity index (χ0) is 6.69. The topological polar surface area (TPSA) is 17.1 Å². The predicted molar refractivity (Wildman–Crippen MR) is 36.5 cm³/mol. The minimum absolute atomic E-state index is 0.0735. The highest BCUT2D eigenvalue weighted by atomic mass is 28.1. The van der Waals surface area contributed by atoms with Crippen molar-refractivity contribution in [1.82, 2.24) is 0 Å². The average molecular weight is 133 g/mol. The maximum Gasteiger partial charge on any atom is 0.133 e. The number of carbonyl (C=O) groups excluding carboxylic acids is 1. The molecule has 0 bridgehead atoms. The first-order valence-corrected chi connectivity index (χ1v) is 3.11. The van der Waals surface area contributed by atoms with Crippen LogP contribution in [0.1, 0.15) is 10.4 Å². The summed E-state index contributed by atoms with van der Waals surface area (Å²) in [5, 5.41) is -0.0735. The van der Waals surface area contributed by atoms with Crippen molar-refractivity contribution >= 4 is 15.6 Å². The first-order chi connectivity index (χ1) is 4.30. The molecule has 0 unspecified atom stereocenters. The van der Waals surface area contributed by atoms with Crippen molar-refractivity contribution in [3.05, 3.63) is 35.9 Å². The van der Waals surface area contributed by atoms with Crippen LogP contribution in [0.25, 0.3) is 0 Å². The zero-order valence-corrected chi connectivity index (χ0v) is 5.79. The second-order valence-corrected chi connectivity index (χ2v) is 2.15. The lowest BCUT2D eigenvalue weighted by atomic mass is 10.2. The number of benzene rings is 1. The molecule has 0 amide bonds. The van der Waals surface area contributed by atoms with E-state index in [4.69, 9.17) is 0 Å². The third-order valence-electron chi connectivity index (χ3n) is 1.04. The predicted octanol–water partition coefficient (Wildman–Crippen LogP) is 0.995. The van der Waals surface area contributed by atoms with Crippen LogP contribution in [0.3, 0.4) is 0 Å². The second kappa shape index (κ2) is 2.59. The Hall–Kier alpha value is -0.893. The molecule has 0 aliphatic carbocycles. The van der Waals surface area contributed by atoms with Crippen LogP contribution in [-0.4, -0.2) is 15.6 Å². The molecule has 1 nitrogen and oxygen atoms in total. The van der Waals surface area contributed by atoms with Gasteiger partial charge < -0.3 is 4.79 Å². The standard InChI is InChI=1S/C7H5OSi/c8-7(9)6-4-2-1-3-5-6/h1-5H. The lowest BCUT2D eigenvalue weighted by Crippen LogP contribution is -1.94. The Kier molecular flexibility index (Phi) is 1.80. The fraction of sp³-hybridized carbons (Fsp3) is 0. The summed E-state index contributed by atoms with van der Waals surface area (Å²) in [5.41, 5.74) is 0.689. The van der Waals surface area contributed by atoms with Gasteiger partial charge in [0, 0.05) is 5.56 Å². The summed E-state index contributed by atoms with van der Waals surface area (Å²) in [6.07, 6.45) is 0. The van der Waals surface area contributed by atoms with Crippen LogP contribution >= 0.6 is 0 Å². The molecular formula is C7H5OSi. The van der Waals surface area contributed by atoms with E-state index in [0.717, 1.165) is 0 Å². The van der Waals surface area contributed by atoms with Crippen molar-refractivity contribution in [1.29, 1.82) is 0 Å². The molecule has 0 aliphatic heterocycles. The highest BCUT2D eigenvalue weighted by molar-refractivity contribution is 6.62. The Morgan fingerprint density at radius 3 is 2.11 bits per heavy atom. The summed E-state index contributed by atoms with van der Waals surface area (Å²) in [7, 11) is 2.89. The molecular weight excluding hydrogens is 128 g/mol. The Bertz CT molecular complexity index is 205. The Labute approximate surface area is 57.1 Å². The molecule has 0 saturated heterocycles. The third-order valence-corrected chi connectivity index (χ3v) is 1.32. The normalized spacial score (nSPS) is 9.00. The van der Waals surface area contributed by atoms with Gasteiger partial charge in [0.15, 0.2) is 0 Å². The van der Waals surface area contributed by atoms with E-state index in [2.05, 4.69) is 10.2 Å². The fourth-order valence-corrected chi connectivity index (χ4v) is 0.756. The molecule has 3 radical (unpaired) electrons. The van der Waals surface area contributed by atoms with E-state index < -0.39 is 0 Å². The number of rotatable bonds is 1. The van der Waals surface area contributed by atoms with Gasteiger partial charge in [-0.2, -0.15) is 0 Å². The lowest BCUT2D eigenvalue weighted by Gasteiger charge is -1.89. The minimum Gasteiger partial charge on any atom is -0.301 e. The summed E-state index contributed by atoms with van der Waals surface area (Å²) < 4.78 is 0. The molecule has 1 aromatic rings. The maximum atomic E-state index is 10.6. The smallest absolute Gasteiger partial charge is 0.133 e. The largest absolute Gasteiger partial charge is 0.301 e. The van der Waals surface area contributed by atoms with E-state index in [1.807, 2.05) is 18.2 Å². The van der Waals surface area contributed by atoms with Crippen LogP contribution in [0, 0.1) is 0 Å². The van der Waals surface area contributed by atoms with E-state index in [9.17, 15) is 4.79 Å². The highest BCUT2D eigenvalue weighted by Crippen LogP contribution is 1.95. The van der Waals surface area contributed by atoms with Gasteiger partial charge in [0.05, 0.1) is 0 Å². The summed E-state index contributed by atoms with van der Waals surface area (Å²) >= 11 is 0. The van der Waals surface area contributed by atoms with Gasteiger partial charge in [0.25, 0.3) is 0 Å². The van der Waals surface area contributed by atoms with Crippen LogP contribution in [-0.2, 0) is 0 Å². The summed E-state index contributed by atoms with van der Waals surface area (Å²) in [6.45, 7) is 0. The Morgan fingerprint density at radius 2 is 1.78 bits per heavy atom. The molecule has 0 fully saturated rings. The quantitative estimate of drug-likeness (QED) is 0.522. The van der Waals surface area contributed by atoms with Gasteiger partial charge in [-0.3, -0.25) is 0 Å². The summed E-state index contributed by atoms with van der Waals surface area (Å²) in [6, 6.07) is 9.05. The Balaban J connectivity index is 2.98. The molecule has 0 aliphatic rings. The van der Waals surface area contributed by atoms with E-state index in [0.29, 0.717) is 5.56 Å². The van der Waals surface area contributed by atoms with E-state index >= 15 is 0 Å². The fourth-order valence-electron chi connectivity index (χ4n) is 0.590. The minimum atomic E-state index is -0.0735. The number of hydrogen-bond acceptors (Lipinski definition) is 1. The van der Waals surface area contributed by atoms with Crippen molar-refractivity contribution in [3.63, 3.8) is 0 Å². The summed E-state index contributed by atoms with van der Waals surface area (Å²) in [5.74, 6) is 0. The van der Waals surface area contributed by atoms with Crippen molar-refractivity contribution in [2.75, 3.05) is 0 Å².